The molecule has 0 radical (unpaired) electrons. The smallest absolute Gasteiger partial charge is 0.317 e. The highest BCUT2D eigenvalue weighted by Gasteiger charge is 2.35. The number of anilines is 1. The summed E-state index contributed by atoms with van der Waals surface area (Å²) in [6.07, 6.45) is -3.57. The second kappa shape index (κ2) is 4.88. The van der Waals surface area contributed by atoms with Gasteiger partial charge in [0.15, 0.2) is 0 Å². The van der Waals surface area contributed by atoms with Crippen LogP contribution in [0, 0.1) is 0 Å². The molecule has 0 saturated heterocycles. The van der Waals surface area contributed by atoms with Crippen LogP contribution in [0.4, 0.5) is 18.9 Å². The number of amides is 1. The first-order valence-electron chi connectivity index (χ1n) is 4.92. The first-order valence-corrected chi connectivity index (χ1v) is 5.30. The molecule has 9 heteroatoms. The third-order valence-electron chi connectivity index (χ3n) is 2.19. The number of hydrogen-bond donors (Lipinski definition) is 2. The van der Waals surface area contributed by atoms with Crippen molar-refractivity contribution >= 4 is 23.2 Å². The van der Waals surface area contributed by atoms with Crippen LogP contribution in [0.1, 0.15) is 16.2 Å². The molecule has 1 heterocycles. The normalized spacial score (nSPS) is 11.4. The van der Waals surface area contributed by atoms with Crippen molar-refractivity contribution < 1.29 is 18.0 Å². The van der Waals surface area contributed by atoms with Gasteiger partial charge in [0.25, 0.3) is 5.91 Å². The molecule has 2 N–H and O–H groups in total. The largest absolute Gasteiger partial charge is 0.418 e. The van der Waals surface area contributed by atoms with Crippen LogP contribution in [0.5, 0.6) is 0 Å². The Labute approximate surface area is 109 Å². The Morgan fingerprint density at radius 1 is 1.37 bits per heavy atom. The number of rotatable bonds is 2. The minimum Gasteiger partial charge on any atom is -0.317 e. The number of nitrogens with zero attached hydrogens (tertiary/aromatic N) is 2. The van der Waals surface area contributed by atoms with E-state index in [-0.39, 0.29) is 10.8 Å². The SMILES string of the molecule is O=C(Nc1c(Cl)cccc1C(F)(F)F)c1ncn[nH]1. The quantitative estimate of drug-likeness (QED) is 0.893. The molecule has 100 valence electrons. The average molecular weight is 291 g/mol. The van der Waals surface area contributed by atoms with E-state index in [4.69, 9.17) is 11.6 Å². The van der Waals surface area contributed by atoms with Gasteiger partial charge < -0.3 is 5.32 Å². The molecule has 0 bridgehead atoms. The maximum absolute atomic E-state index is 12.8. The molecule has 0 saturated carbocycles. The Morgan fingerprint density at radius 3 is 2.68 bits per heavy atom. The molecule has 0 unspecified atom stereocenters. The van der Waals surface area contributed by atoms with Gasteiger partial charge in [-0.2, -0.15) is 18.3 Å². The molecule has 2 rings (SSSR count). The van der Waals surface area contributed by atoms with Crippen LogP contribution in [0.3, 0.4) is 0 Å². The van der Waals surface area contributed by atoms with E-state index in [1.54, 1.807) is 0 Å². The lowest BCUT2D eigenvalue weighted by molar-refractivity contribution is -0.136. The van der Waals surface area contributed by atoms with Crippen LogP contribution < -0.4 is 5.32 Å². The Bertz CT molecular complexity index is 597. The van der Waals surface area contributed by atoms with E-state index >= 15 is 0 Å². The zero-order valence-electron chi connectivity index (χ0n) is 9.12. The van der Waals surface area contributed by atoms with E-state index in [2.05, 4.69) is 20.5 Å². The highest BCUT2D eigenvalue weighted by atomic mass is 35.5. The van der Waals surface area contributed by atoms with E-state index < -0.39 is 23.3 Å². The number of para-hydroxylation sites is 1. The van der Waals surface area contributed by atoms with E-state index in [1.165, 1.54) is 6.07 Å². The second-order valence-corrected chi connectivity index (χ2v) is 3.86. The van der Waals surface area contributed by atoms with Crippen LogP contribution in [0.25, 0.3) is 0 Å². The van der Waals surface area contributed by atoms with E-state index in [1.807, 2.05) is 0 Å². The average Bonchev–Trinajstić information content (AvgIpc) is 2.83. The van der Waals surface area contributed by atoms with E-state index in [9.17, 15) is 18.0 Å². The zero-order chi connectivity index (χ0) is 14.0. The first kappa shape index (κ1) is 13.3. The van der Waals surface area contributed by atoms with Gasteiger partial charge in [-0.15, -0.1) is 0 Å². The molecule has 2 aromatic rings. The van der Waals surface area contributed by atoms with Crippen molar-refractivity contribution in [2.45, 2.75) is 6.18 Å². The minimum atomic E-state index is -4.63. The molecular weight excluding hydrogens is 285 g/mol. The number of aromatic amines is 1. The molecule has 0 aliphatic carbocycles. The number of hydrogen-bond acceptors (Lipinski definition) is 3. The van der Waals surface area contributed by atoms with Crippen LogP contribution >= 0.6 is 11.6 Å². The number of benzene rings is 1. The summed E-state index contributed by atoms with van der Waals surface area (Å²) in [6.45, 7) is 0. The summed E-state index contributed by atoms with van der Waals surface area (Å²) >= 11 is 5.68. The lowest BCUT2D eigenvalue weighted by atomic mass is 10.1. The summed E-state index contributed by atoms with van der Waals surface area (Å²) in [4.78, 5) is 15.2. The Kier molecular flexibility index (Phi) is 3.43. The van der Waals surface area contributed by atoms with Gasteiger partial charge in [-0.1, -0.05) is 17.7 Å². The number of halogens is 4. The van der Waals surface area contributed by atoms with Gasteiger partial charge in [-0.25, -0.2) is 4.98 Å². The van der Waals surface area contributed by atoms with Crippen LogP contribution in [-0.2, 0) is 6.18 Å². The molecule has 5 nitrogen and oxygen atoms in total. The van der Waals surface area contributed by atoms with Gasteiger partial charge in [-0.05, 0) is 12.1 Å². The standard InChI is InChI=1S/C10H6ClF3N4O/c11-6-3-1-2-5(10(12,13)14)7(6)17-9(19)8-15-4-16-18-8/h1-4H,(H,17,19)(H,15,16,18). The highest BCUT2D eigenvalue weighted by molar-refractivity contribution is 6.34. The van der Waals surface area contributed by atoms with Crippen molar-refractivity contribution in [2.75, 3.05) is 5.32 Å². The second-order valence-electron chi connectivity index (χ2n) is 3.45. The lowest BCUT2D eigenvalue weighted by Crippen LogP contribution is -2.18. The summed E-state index contributed by atoms with van der Waals surface area (Å²) in [6, 6.07) is 3.21. The van der Waals surface area contributed by atoms with Crippen molar-refractivity contribution in [3.05, 3.63) is 40.9 Å². The maximum atomic E-state index is 12.8. The van der Waals surface area contributed by atoms with Gasteiger partial charge in [0.2, 0.25) is 5.82 Å². The van der Waals surface area contributed by atoms with E-state index in [0.717, 1.165) is 18.5 Å². The van der Waals surface area contributed by atoms with Crippen molar-refractivity contribution in [3.63, 3.8) is 0 Å². The van der Waals surface area contributed by atoms with Crippen LogP contribution in [-0.4, -0.2) is 21.1 Å². The summed E-state index contributed by atoms with van der Waals surface area (Å²) in [7, 11) is 0. The monoisotopic (exact) mass is 290 g/mol. The molecule has 0 spiro atoms. The Hall–Kier alpha value is -2.09. The molecule has 0 atom stereocenters. The van der Waals surface area contributed by atoms with Crippen molar-refractivity contribution in [1.29, 1.82) is 0 Å². The van der Waals surface area contributed by atoms with Gasteiger partial charge >= 0.3 is 6.18 Å². The number of alkyl halides is 3. The molecule has 0 aliphatic heterocycles. The molecule has 1 amide bonds. The van der Waals surface area contributed by atoms with E-state index in [0.29, 0.717) is 0 Å². The number of aromatic nitrogens is 3. The predicted molar refractivity (Wildman–Crippen MR) is 60.8 cm³/mol. The van der Waals surface area contributed by atoms with Crippen molar-refractivity contribution in [3.8, 4) is 0 Å². The number of carbonyl (C=O) groups excluding carboxylic acids is 1. The summed E-state index contributed by atoms with van der Waals surface area (Å²) in [5.74, 6) is -1.08. The topological polar surface area (TPSA) is 70.7 Å². The molecular formula is C10H6ClF3N4O. The fourth-order valence-corrected chi connectivity index (χ4v) is 1.60. The van der Waals surface area contributed by atoms with Gasteiger partial charge in [0.05, 0.1) is 16.3 Å². The molecule has 1 aromatic heterocycles. The molecule has 0 aliphatic rings. The van der Waals surface area contributed by atoms with Crippen molar-refractivity contribution in [2.24, 2.45) is 0 Å². The van der Waals surface area contributed by atoms with Gasteiger partial charge in [0, 0.05) is 0 Å². The summed E-state index contributed by atoms with van der Waals surface area (Å²) < 4.78 is 38.3. The third kappa shape index (κ3) is 2.84. The zero-order valence-corrected chi connectivity index (χ0v) is 9.88. The van der Waals surface area contributed by atoms with Gasteiger partial charge in [0.1, 0.15) is 6.33 Å². The van der Waals surface area contributed by atoms with Gasteiger partial charge in [-0.3, -0.25) is 9.89 Å². The third-order valence-corrected chi connectivity index (χ3v) is 2.50. The summed E-state index contributed by atoms with van der Waals surface area (Å²) in [5.41, 5.74) is -1.55. The highest BCUT2D eigenvalue weighted by Crippen LogP contribution is 2.38. The minimum absolute atomic E-state index is 0.215. The Morgan fingerprint density at radius 2 is 2.11 bits per heavy atom. The van der Waals surface area contributed by atoms with Crippen molar-refractivity contribution in [1.82, 2.24) is 15.2 Å². The molecule has 0 fully saturated rings. The Balaban J connectivity index is 2.37. The van der Waals surface area contributed by atoms with Crippen LogP contribution in [0.15, 0.2) is 24.5 Å². The number of nitrogens with one attached hydrogen (secondary N) is 2. The lowest BCUT2D eigenvalue weighted by Gasteiger charge is -2.14. The maximum Gasteiger partial charge on any atom is 0.418 e. The summed E-state index contributed by atoms with van der Waals surface area (Å²) in [5, 5.41) is 7.51. The number of carbonyl (C=O) groups is 1. The van der Waals surface area contributed by atoms with Crippen LogP contribution in [0.2, 0.25) is 5.02 Å². The molecule has 19 heavy (non-hydrogen) atoms. The first-order chi connectivity index (χ1) is 8.89. The fourth-order valence-electron chi connectivity index (χ4n) is 1.38. The fraction of sp³-hybridized carbons (Fsp3) is 0.100. The number of H-pyrrole nitrogens is 1. The molecule has 1 aromatic carbocycles. The predicted octanol–water partition coefficient (Wildman–Crippen LogP) is 2.73.